The molecule has 31 heavy (non-hydrogen) atoms. The molecule has 0 spiro atoms. The predicted molar refractivity (Wildman–Crippen MR) is 127 cm³/mol. The molecule has 0 saturated heterocycles. The second-order valence-corrected chi connectivity index (χ2v) is 11.0. The largest absolute Gasteiger partial charge is 0.300 e. The van der Waals surface area contributed by atoms with Crippen LogP contribution in [0.1, 0.15) is 133 Å². The quantitative estimate of drug-likeness (QED) is 0.398. The Bertz CT molecular complexity index is 699. The molecule has 0 aliphatic heterocycles. The normalized spacial score (nSPS) is 30.5. The van der Waals surface area contributed by atoms with Crippen LogP contribution < -0.4 is 0 Å². The first-order valence-electron chi connectivity index (χ1n) is 13.4. The van der Waals surface area contributed by atoms with E-state index in [1.54, 1.807) is 0 Å². The van der Waals surface area contributed by atoms with Gasteiger partial charge in [0, 0.05) is 12.8 Å². The Morgan fingerprint density at radius 2 is 1.45 bits per heavy atom. The summed E-state index contributed by atoms with van der Waals surface area (Å²) in [5.74, 6) is 3.96. The zero-order chi connectivity index (χ0) is 21.6. The van der Waals surface area contributed by atoms with Gasteiger partial charge in [-0.3, -0.25) is 4.79 Å². The van der Waals surface area contributed by atoms with Crippen LogP contribution in [0, 0.1) is 23.6 Å². The number of carbonyl (C=O) groups is 1. The first kappa shape index (κ1) is 23.0. The second kappa shape index (κ2) is 11.1. The Labute approximate surface area is 189 Å². The van der Waals surface area contributed by atoms with Gasteiger partial charge < -0.3 is 0 Å². The molecular weight excluding hydrogens is 383 g/mol. The minimum Gasteiger partial charge on any atom is -0.300 e. The molecule has 1 aromatic rings. The average Bonchev–Trinajstić information content (AvgIpc) is 2.81. The van der Waals surface area contributed by atoms with Crippen LogP contribution in [0.3, 0.4) is 0 Å². The topological polar surface area (TPSA) is 17.1 Å². The van der Waals surface area contributed by atoms with Crippen LogP contribution in [-0.4, -0.2) is 5.78 Å². The van der Waals surface area contributed by atoms with Crippen LogP contribution in [0.15, 0.2) is 18.2 Å². The number of Topliss-reactive ketones (excluding diaryl/α,β-unsaturated/α-hetero) is 1. The van der Waals surface area contributed by atoms with Gasteiger partial charge in [0.05, 0.1) is 0 Å². The Balaban J connectivity index is 1.24. The predicted octanol–water partition coefficient (Wildman–Crippen LogP) is 8.71. The maximum absolute atomic E-state index is 14.9. The van der Waals surface area contributed by atoms with E-state index in [2.05, 4.69) is 13.0 Å². The summed E-state index contributed by atoms with van der Waals surface area (Å²) in [5.41, 5.74) is 2.06. The molecule has 0 bridgehead atoms. The fourth-order valence-corrected chi connectivity index (χ4v) is 6.93. The summed E-state index contributed by atoms with van der Waals surface area (Å²) in [6.07, 6.45) is 19.5. The number of hydrogen-bond donors (Lipinski definition) is 0. The lowest BCUT2D eigenvalue weighted by Crippen LogP contribution is -2.25. The highest BCUT2D eigenvalue weighted by Gasteiger charge is 2.31. The molecule has 172 valence electrons. The van der Waals surface area contributed by atoms with Gasteiger partial charge in [-0.25, -0.2) is 4.39 Å². The van der Waals surface area contributed by atoms with Crippen LogP contribution in [0.4, 0.5) is 4.39 Å². The van der Waals surface area contributed by atoms with Gasteiger partial charge >= 0.3 is 0 Å². The fraction of sp³-hybridized carbons (Fsp3) is 0.759. The van der Waals surface area contributed by atoms with E-state index in [0.717, 1.165) is 36.2 Å². The van der Waals surface area contributed by atoms with Gasteiger partial charge in [0.25, 0.3) is 0 Å². The third-order valence-corrected chi connectivity index (χ3v) is 9.02. The summed E-state index contributed by atoms with van der Waals surface area (Å²) < 4.78 is 14.9. The zero-order valence-electron chi connectivity index (χ0n) is 19.7. The number of ketones is 1. The van der Waals surface area contributed by atoms with Gasteiger partial charge in [-0.2, -0.15) is 0 Å². The standard InChI is InChI=1S/C29H43FO/c1-2-3-4-5-21-6-8-22(9-7-21)23-10-12-24(13-11-23)26-16-19-28(29(30)20-26)25-14-17-27(31)18-15-25/h16,19-25H,2-15,17-18H2,1H3. The number of hydrogen-bond acceptors (Lipinski definition) is 1. The molecule has 3 fully saturated rings. The Morgan fingerprint density at radius 1 is 0.806 bits per heavy atom. The van der Waals surface area contributed by atoms with Crippen molar-refractivity contribution < 1.29 is 9.18 Å². The van der Waals surface area contributed by atoms with Crippen molar-refractivity contribution in [1.82, 2.24) is 0 Å². The van der Waals surface area contributed by atoms with E-state index in [0.29, 0.717) is 24.5 Å². The van der Waals surface area contributed by atoms with Crippen LogP contribution in [0.25, 0.3) is 0 Å². The van der Waals surface area contributed by atoms with E-state index in [-0.39, 0.29) is 11.7 Å². The number of unbranched alkanes of at least 4 members (excludes halogenated alkanes) is 2. The molecule has 0 unspecified atom stereocenters. The third-order valence-electron chi connectivity index (χ3n) is 9.02. The van der Waals surface area contributed by atoms with Crippen molar-refractivity contribution in [3.63, 3.8) is 0 Å². The molecule has 2 heteroatoms. The highest BCUT2D eigenvalue weighted by molar-refractivity contribution is 5.79. The van der Waals surface area contributed by atoms with Crippen molar-refractivity contribution in [3.8, 4) is 0 Å². The van der Waals surface area contributed by atoms with E-state index < -0.39 is 0 Å². The van der Waals surface area contributed by atoms with Gasteiger partial charge in [-0.1, -0.05) is 57.6 Å². The van der Waals surface area contributed by atoms with Gasteiger partial charge in [0.1, 0.15) is 11.6 Å². The molecule has 3 aliphatic carbocycles. The summed E-state index contributed by atoms with van der Waals surface area (Å²) in [5, 5.41) is 0. The summed E-state index contributed by atoms with van der Waals surface area (Å²) in [6.45, 7) is 2.30. The van der Waals surface area contributed by atoms with Crippen molar-refractivity contribution in [2.45, 2.75) is 121 Å². The average molecular weight is 427 g/mol. The van der Waals surface area contributed by atoms with E-state index in [1.165, 1.54) is 82.6 Å². The summed E-state index contributed by atoms with van der Waals surface area (Å²) in [6, 6.07) is 6.07. The van der Waals surface area contributed by atoms with E-state index in [4.69, 9.17) is 0 Å². The Kier molecular flexibility index (Phi) is 8.24. The molecule has 3 aliphatic rings. The lowest BCUT2D eigenvalue weighted by molar-refractivity contribution is -0.120. The lowest BCUT2D eigenvalue weighted by atomic mass is 9.68. The molecule has 1 aromatic carbocycles. The SMILES string of the molecule is CCCCCC1CCC(C2CCC(c3ccc(C4CCC(=O)CC4)c(F)c3)CC2)CC1. The van der Waals surface area contributed by atoms with Crippen molar-refractivity contribution in [3.05, 3.63) is 35.1 Å². The molecule has 0 radical (unpaired) electrons. The third kappa shape index (κ3) is 5.99. The summed E-state index contributed by atoms with van der Waals surface area (Å²) >= 11 is 0. The van der Waals surface area contributed by atoms with Crippen LogP contribution in [0.5, 0.6) is 0 Å². The maximum Gasteiger partial charge on any atom is 0.132 e. The Morgan fingerprint density at radius 3 is 2.06 bits per heavy atom. The monoisotopic (exact) mass is 426 g/mol. The second-order valence-electron chi connectivity index (χ2n) is 11.0. The first-order valence-corrected chi connectivity index (χ1v) is 13.4. The van der Waals surface area contributed by atoms with Gasteiger partial charge in [-0.15, -0.1) is 0 Å². The summed E-state index contributed by atoms with van der Waals surface area (Å²) in [4.78, 5) is 11.5. The highest BCUT2D eigenvalue weighted by atomic mass is 19.1. The number of halogens is 1. The highest BCUT2D eigenvalue weighted by Crippen LogP contribution is 2.45. The molecular formula is C29H43FO. The number of benzene rings is 1. The van der Waals surface area contributed by atoms with Gasteiger partial charge in [0.15, 0.2) is 0 Å². The smallest absolute Gasteiger partial charge is 0.132 e. The van der Waals surface area contributed by atoms with Crippen LogP contribution in [-0.2, 0) is 4.79 Å². The molecule has 0 atom stereocenters. The van der Waals surface area contributed by atoms with E-state index in [1.807, 2.05) is 12.1 Å². The van der Waals surface area contributed by atoms with Crippen molar-refractivity contribution >= 4 is 5.78 Å². The van der Waals surface area contributed by atoms with Crippen molar-refractivity contribution in [2.24, 2.45) is 17.8 Å². The Hall–Kier alpha value is -1.18. The molecule has 4 rings (SSSR count). The number of carbonyl (C=O) groups excluding carboxylic acids is 1. The van der Waals surface area contributed by atoms with E-state index in [9.17, 15) is 9.18 Å². The van der Waals surface area contributed by atoms with Crippen LogP contribution in [0.2, 0.25) is 0 Å². The minimum absolute atomic E-state index is 0.0274. The molecule has 0 aromatic heterocycles. The molecule has 0 N–H and O–H groups in total. The first-order chi connectivity index (χ1) is 15.1. The van der Waals surface area contributed by atoms with Crippen molar-refractivity contribution in [1.29, 1.82) is 0 Å². The van der Waals surface area contributed by atoms with Crippen LogP contribution >= 0.6 is 0 Å². The molecule has 0 amide bonds. The molecule has 3 saturated carbocycles. The number of rotatable bonds is 7. The minimum atomic E-state index is -0.0274. The molecule has 0 heterocycles. The van der Waals surface area contributed by atoms with E-state index >= 15 is 0 Å². The molecule has 1 nitrogen and oxygen atoms in total. The van der Waals surface area contributed by atoms with Crippen molar-refractivity contribution in [2.75, 3.05) is 0 Å². The fourth-order valence-electron chi connectivity index (χ4n) is 6.93. The summed E-state index contributed by atoms with van der Waals surface area (Å²) in [7, 11) is 0. The lowest BCUT2D eigenvalue weighted by Gasteiger charge is -2.38. The van der Waals surface area contributed by atoms with Gasteiger partial charge in [-0.05, 0) is 98.1 Å². The van der Waals surface area contributed by atoms with Gasteiger partial charge in [0.2, 0.25) is 0 Å². The maximum atomic E-state index is 14.9. The zero-order valence-corrected chi connectivity index (χ0v) is 19.7.